The summed E-state index contributed by atoms with van der Waals surface area (Å²) in [5.74, 6) is 0.918. The molecule has 0 aromatic rings. The van der Waals surface area contributed by atoms with Crippen LogP contribution < -0.4 is 0 Å². The van der Waals surface area contributed by atoms with E-state index >= 15 is 0 Å². The van der Waals surface area contributed by atoms with E-state index in [4.69, 9.17) is 4.74 Å². The van der Waals surface area contributed by atoms with Gasteiger partial charge in [0.25, 0.3) is 0 Å². The summed E-state index contributed by atoms with van der Waals surface area (Å²) < 4.78 is 5.16. The molecule has 5 heteroatoms. The first kappa shape index (κ1) is 14.8. The van der Waals surface area contributed by atoms with Gasteiger partial charge in [-0.25, -0.2) is 0 Å². The van der Waals surface area contributed by atoms with Crippen molar-refractivity contribution < 1.29 is 9.53 Å². The van der Waals surface area contributed by atoms with Gasteiger partial charge in [0.05, 0.1) is 6.61 Å². The van der Waals surface area contributed by atoms with Gasteiger partial charge < -0.3 is 9.64 Å². The third-order valence-electron chi connectivity index (χ3n) is 4.49. The van der Waals surface area contributed by atoms with Gasteiger partial charge in [-0.05, 0) is 5.92 Å². The predicted molar refractivity (Wildman–Crippen MR) is 75.1 cm³/mol. The van der Waals surface area contributed by atoms with E-state index in [-0.39, 0.29) is 5.91 Å². The number of likely N-dealkylation sites (tertiary alicyclic amines) is 1. The molecule has 0 bridgehead atoms. The molecule has 2 rings (SSSR count). The Hall–Kier alpha value is -0.650. The number of rotatable bonds is 4. The highest BCUT2D eigenvalue weighted by Crippen LogP contribution is 2.22. The minimum Gasteiger partial charge on any atom is -0.383 e. The van der Waals surface area contributed by atoms with Crippen molar-refractivity contribution in [3.8, 4) is 0 Å². The van der Waals surface area contributed by atoms with Gasteiger partial charge in [0.15, 0.2) is 0 Å². The summed E-state index contributed by atoms with van der Waals surface area (Å²) in [5, 5.41) is 0. The van der Waals surface area contributed by atoms with Gasteiger partial charge in [0.2, 0.25) is 5.91 Å². The standard InChI is InChI=1S/C14H27N3O2/c1-12-10-15(8-9-19-3)11-14(12)17-6-4-16(5-7-17)13(2)18/h12,14H,4-11H2,1-3H3/t12-,14+/m1/s1. The van der Waals surface area contributed by atoms with Crippen LogP contribution in [0.3, 0.4) is 0 Å². The quantitative estimate of drug-likeness (QED) is 0.726. The molecule has 2 aliphatic heterocycles. The summed E-state index contributed by atoms with van der Waals surface area (Å²) in [6.45, 7) is 12.0. The normalized spacial score (nSPS) is 29.9. The second-order valence-corrected chi connectivity index (χ2v) is 5.84. The number of hydrogen-bond donors (Lipinski definition) is 0. The highest BCUT2D eigenvalue weighted by molar-refractivity contribution is 5.73. The molecule has 2 aliphatic rings. The lowest BCUT2D eigenvalue weighted by molar-refractivity contribution is -0.130. The monoisotopic (exact) mass is 269 g/mol. The molecule has 0 spiro atoms. The van der Waals surface area contributed by atoms with E-state index in [0.29, 0.717) is 12.0 Å². The lowest BCUT2D eigenvalue weighted by Crippen LogP contribution is -2.53. The fourth-order valence-corrected chi connectivity index (χ4v) is 3.29. The Balaban J connectivity index is 1.81. The first-order valence-electron chi connectivity index (χ1n) is 7.32. The van der Waals surface area contributed by atoms with Crippen molar-refractivity contribution >= 4 is 5.91 Å². The van der Waals surface area contributed by atoms with E-state index in [1.165, 1.54) is 6.54 Å². The Bertz CT molecular complexity index is 303. The molecule has 1 amide bonds. The van der Waals surface area contributed by atoms with Crippen LogP contribution in [0.5, 0.6) is 0 Å². The predicted octanol–water partition coefficient (Wildman–Crippen LogP) is 0.117. The summed E-state index contributed by atoms with van der Waals surface area (Å²) in [5.41, 5.74) is 0. The molecule has 2 saturated heterocycles. The van der Waals surface area contributed by atoms with E-state index in [1.54, 1.807) is 14.0 Å². The summed E-state index contributed by atoms with van der Waals surface area (Å²) in [7, 11) is 1.76. The molecule has 2 atom stereocenters. The third-order valence-corrected chi connectivity index (χ3v) is 4.49. The summed E-state index contributed by atoms with van der Waals surface area (Å²) >= 11 is 0. The highest BCUT2D eigenvalue weighted by atomic mass is 16.5. The van der Waals surface area contributed by atoms with E-state index in [1.807, 2.05) is 4.90 Å². The maximum atomic E-state index is 11.3. The van der Waals surface area contributed by atoms with Crippen LogP contribution in [0.2, 0.25) is 0 Å². The molecular weight excluding hydrogens is 242 g/mol. The fourth-order valence-electron chi connectivity index (χ4n) is 3.29. The van der Waals surface area contributed by atoms with E-state index in [2.05, 4.69) is 16.7 Å². The van der Waals surface area contributed by atoms with Gasteiger partial charge >= 0.3 is 0 Å². The van der Waals surface area contributed by atoms with Crippen LogP contribution in [0.25, 0.3) is 0 Å². The minimum absolute atomic E-state index is 0.209. The number of carbonyl (C=O) groups is 1. The van der Waals surface area contributed by atoms with Crippen LogP contribution in [-0.4, -0.2) is 86.2 Å². The van der Waals surface area contributed by atoms with Gasteiger partial charge in [-0.1, -0.05) is 6.92 Å². The number of piperazine rings is 1. The second-order valence-electron chi connectivity index (χ2n) is 5.84. The molecular formula is C14H27N3O2. The van der Waals surface area contributed by atoms with Crippen molar-refractivity contribution in [3.05, 3.63) is 0 Å². The van der Waals surface area contributed by atoms with E-state index in [0.717, 1.165) is 45.9 Å². The Morgan fingerprint density at radius 3 is 2.47 bits per heavy atom. The van der Waals surface area contributed by atoms with Crippen molar-refractivity contribution in [2.24, 2.45) is 5.92 Å². The molecule has 0 aromatic heterocycles. The number of ether oxygens (including phenoxy) is 1. The van der Waals surface area contributed by atoms with Crippen LogP contribution in [0.1, 0.15) is 13.8 Å². The minimum atomic E-state index is 0.209. The van der Waals surface area contributed by atoms with Crippen LogP contribution in [0, 0.1) is 5.92 Å². The largest absolute Gasteiger partial charge is 0.383 e. The molecule has 0 aromatic carbocycles. The van der Waals surface area contributed by atoms with E-state index in [9.17, 15) is 4.79 Å². The molecule has 0 saturated carbocycles. The Morgan fingerprint density at radius 1 is 1.21 bits per heavy atom. The average Bonchev–Trinajstić information content (AvgIpc) is 2.77. The summed E-state index contributed by atoms with van der Waals surface area (Å²) in [6.07, 6.45) is 0. The molecule has 0 aliphatic carbocycles. The zero-order chi connectivity index (χ0) is 13.8. The SMILES string of the molecule is COCCN1C[C@@H](C)[C@@H](N2CCN(C(C)=O)CC2)C1. The van der Waals surface area contributed by atoms with Crippen molar-refractivity contribution in [2.75, 3.05) is 59.5 Å². The van der Waals surface area contributed by atoms with Crippen LogP contribution >= 0.6 is 0 Å². The number of amides is 1. The Labute approximate surface area is 116 Å². The van der Waals surface area contributed by atoms with Gasteiger partial charge in [-0.3, -0.25) is 14.6 Å². The smallest absolute Gasteiger partial charge is 0.219 e. The van der Waals surface area contributed by atoms with Gasteiger partial charge in [0.1, 0.15) is 0 Å². The van der Waals surface area contributed by atoms with Gasteiger partial charge in [-0.2, -0.15) is 0 Å². The molecule has 0 radical (unpaired) electrons. The van der Waals surface area contributed by atoms with Gasteiger partial charge in [0, 0.05) is 65.9 Å². The molecule has 2 fully saturated rings. The van der Waals surface area contributed by atoms with Crippen molar-refractivity contribution in [3.63, 3.8) is 0 Å². The maximum absolute atomic E-state index is 11.3. The average molecular weight is 269 g/mol. The van der Waals surface area contributed by atoms with Gasteiger partial charge in [-0.15, -0.1) is 0 Å². The van der Waals surface area contributed by atoms with Crippen molar-refractivity contribution in [1.82, 2.24) is 14.7 Å². The number of carbonyl (C=O) groups excluding carboxylic acids is 1. The van der Waals surface area contributed by atoms with Crippen LogP contribution in [0.15, 0.2) is 0 Å². The number of hydrogen-bond acceptors (Lipinski definition) is 4. The Morgan fingerprint density at radius 2 is 1.89 bits per heavy atom. The molecule has 2 heterocycles. The summed E-state index contributed by atoms with van der Waals surface area (Å²) in [6, 6.07) is 0.644. The molecule has 0 N–H and O–H groups in total. The maximum Gasteiger partial charge on any atom is 0.219 e. The highest BCUT2D eigenvalue weighted by Gasteiger charge is 2.35. The molecule has 19 heavy (non-hydrogen) atoms. The van der Waals surface area contributed by atoms with Crippen LogP contribution in [-0.2, 0) is 9.53 Å². The zero-order valence-corrected chi connectivity index (χ0v) is 12.5. The Kier molecular flexibility index (Phi) is 5.19. The number of methoxy groups -OCH3 is 1. The first-order valence-corrected chi connectivity index (χ1v) is 7.32. The summed E-state index contributed by atoms with van der Waals surface area (Å²) in [4.78, 5) is 18.4. The zero-order valence-electron chi connectivity index (χ0n) is 12.5. The molecule has 5 nitrogen and oxygen atoms in total. The second kappa shape index (κ2) is 6.68. The first-order chi connectivity index (χ1) is 9.11. The fraction of sp³-hybridized carbons (Fsp3) is 0.929. The molecule has 110 valence electrons. The van der Waals surface area contributed by atoms with Crippen molar-refractivity contribution in [1.29, 1.82) is 0 Å². The molecule has 0 unspecified atom stereocenters. The van der Waals surface area contributed by atoms with Crippen molar-refractivity contribution in [2.45, 2.75) is 19.9 Å². The van der Waals surface area contributed by atoms with E-state index < -0.39 is 0 Å². The lowest BCUT2D eigenvalue weighted by Gasteiger charge is -2.39. The third kappa shape index (κ3) is 3.68. The lowest BCUT2D eigenvalue weighted by atomic mass is 10.0. The number of nitrogens with zero attached hydrogens (tertiary/aromatic N) is 3. The topological polar surface area (TPSA) is 36.0 Å². The van der Waals surface area contributed by atoms with Crippen LogP contribution in [0.4, 0.5) is 0 Å².